The largest absolute Gasteiger partial charge is 0.395 e. The maximum atomic E-state index is 9.22. The quantitative estimate of drug-likeness (QED) is 0.685. The lowest BCUT2D eigenvalue weighted by molar-refractivity contribution is 0.0318. The molecule has 0 aromatic rings. The maximum Gasteiger partial charge on any atom is 0.0594 e. The number of likely N-dealkylation sites (tertiary alicyclic amines) is 1. The van der Waals surface area contributed by atoms with Crippen LogP contribution in [0.1, 0.15) is 19.3 Å². The molecule has 0 saturated carbocycles. The molecule has 0 radical (unpaired) electrons. The summed E-state index contributed by atoms with van der Waals surface area (Å²) in [5.74, 6) is 0. The molecule has 0 bridgehead atoms. The minimum Gasteiger partial charge on any atom is -0.395 e. The standard InChI is InChI=1S/C15H31N3O2/c19-13-10-17(7-6-16-4-2-1-3-5-16)8-9-18-11-14-20-15-12-18/h19H,1-15H2. The summed E-state index contributed by atoms with van der Waals surface area (Å²) >= 11 is 0. The van der Waals surface area contributed by atoms with Crippen molar-refractivity contribution >= 4 is 0 Å². The Kier molecular flexibility index (Phi) is 7.83. The van der Waals surface area contributed by atoms with Crippen LogP contribution in [0.4, 0.5) is 0 Å². The first kappa shape index (κ1) is 16.2. The Balaban J connectivity index is 1.63. The fraction of sp³-hybridized carbons (Fsp3) is 1.00. The van der Waals surface area contributed by atoms with Gasteiger partial charge in [-0.3, -0.25) is 9.80 Å². The Morgan fingerprint density at radius 2 is 1.40 bits per heavy atom. The van der Waals surface area contributed by atoms with Gasteiger partial charge in [0.15, 0.2) is 0 Å². The number of aliphatic hydroxyl groups is 1. The van der Waals surface area contributed by atoms with Crippen LogP contribution >= 0.6 is 0 Å². The summed E-state index contributed by atoms with van der Waals surface area (Å²) in [7, 11) is 0. The minimum atomic E-state index is 0.267. The summed E-state index contributed by atoms with van der Waals surface area (Å²) in [6.45, 7) is 11.8. The lowest BCUT2D eigenvalue weighted by Crippen LogP contribution is -2.44. The first-order valence-corrected chi connectivity index (χ1v) is 8.24. The molecule has 2 rings (SSSR count). The van der Waals surface area contributed by atoms with Crippen LogP contribution in [-0.4, -0.2) is 98.5 Å². The molecule has 2 saturated heterocycles. The summed E-state index contributed by atoms with van der Waals surface area (Å²) < 4.78 is 5.38. The van der Waals surface area contributed by atoms with Crippen molar-refractivity contribution < 1.29 is 9.84 Å². The van der Waals surface area contributed by atoms with Crippen LogP contribution in [0.25, 0.3) is 0 Å². The van der Waals surface area contributed by atoms with Crippen LogP contribution < -0.4 is 0 Å². The molecule has 1 N–H and O–H groups in total. The van der Waals surface area contributed by atoms with Crippen molar-refractivity contribution in [3.05, 3.63) is 0 Å². The van der Waals surface area contributed by atoms with Crippen LogP contribution in [0.5, 0.6) is 0 Å². The van der Waals surface area contributed by atoms with Crippen molar-refractivity contribution in [2.24, 2.45) is 0 Å². The zero-order valence-corrected chi connectivity index (χ0v) is 12.8. The van der Waals surface area contributed by atoms with Gasteiger partial charge in [-0.25, -0.2) is 0 Å². The van der Waals surface area contributed by atoms with Gasteiger partial charge in [0, 0.05) is 45.8 Å². The molecule has 0 aromatic heterocycles. The number of ether oxygens (including phenoxy) is 1. The van der Waals surface area contributed by atoms with Gasteiger partial charge in [-0.1, -0.05) is 6.42 Å². The molecule has 5 nitrogen and oxygen atoms in total. The molecule has 0 spiro atoms. The highest BCUT2D eigenvalue weighted by atomic mass is 16.5. The number of nitrogens with zero attached hydrogens (tertiary/aromatic N) is 3. The summed E-state index contributed by atoms with van der Waals surface area (Å²) in [6, 6.07) is 0. The number of morpholine rings is 1. The van der Waals surface area contributed by atoms with Gasteiger partial charge in [-0.2, -0.15) is 0 Å². The predicted octanol–water partition coefficient (Wildman–Crippen LogP) is 0.0988. The Morgan fingerprint density at radius 1 is 0.800 bits per heavy atom. The summed E-state index contributed by atoms with van der Waals surface area (Å²) in [6.07, 6.45) is 4.11. The van der Waals surface area contributed by atoms with Crippen molar-refractivity contribution in [1.82, 2.24) is 14.7 Å². The highest BCUT2D eigenvalue weighted by Gasteiger charge is 2.14. The molecule has 0 amide bonds. The molecule has 2 heterocycles. The number of piperidine rings is 1. The van der Waals surface area contributed by atoms with Crippen molar-refractivity contribution in [3.8, 4) is 0 Å². The van der Waals surface area contributed by atoms with E-state index in [2.05, 4.69) is 14.7 Å². The van der Waals surface area contributed by atoms with Gasteiger partial charge in [0.05, 0.1) is 19.8 Å². The van der Waals surface area contributed by atoms with Gasteiger partial charge in [0.2, 0.25) is 0 Å². The Hall–Kier alpha value is -0.200. The molecule has 2 fully saturated rings. The third-order valence-corrected chi connectivity index (χ3v) is 4.43. The smallest absolute Gasteiger partial charge is 0.0594 e. The van der Waals surface area contributed by atoms with E-state index < -0.39 is 0 Å². The molecule has 2 aliphatic rings. The molecule has 0 aliphatic carbocycles. The molecule has 0 aromatic carbocycles. The van der Waals surface area contributed by atoms with E-state index in [0.717, 1.165) is 59.0 Å². The van der Waals surface area contributed by atoms with E-state index in [1.54, 1.807) is 0 Å². The van der Waals surface area contributed by atoms with Gasteiger partial charge in [0.25, 0.3) is 0 Å². The molecule has 118 valence electrons. The first-order chi connectivity index (χ1) is 9.88. The number of hydrogen-bond donors (Lipinski definition) is 1. The van der Waals surface area contributed by atoms with Gasteiger partial charge in [-0.05, 0) is 25.9 Å². The van der Waals surface area contributed by atoms with Crippen LogP contribution in [0.2, 0.25) is 0 Å². The normalized spacial score (nSPS) is 22.5. The Morgan fingerprint density at radius 3 is 2.00 bits per heavy atom. The van der Waals surface area contributed by atoms with Crippen molar-refractivity contribution in [2.75, 3.05) is 78.7 Å². The topological polar surface area (TPSA) is 39.2 Å². The molecular formula is C15H31N3O2. The predicted molar refractivity (Wildman–Crippen MR) is 81.1 cm³/mol. The maximum absolute atomic E-state index is 9.22. The molecule has 0 unspecified atom stereocenters. The Labute approximate surface area is 123 Å². The van der Waals surface area contributed by atoms with E-state index in [9.17, 15) is 5.11 Å². The third kappa shape index (κ3) is 6.06. The van der Waals surface area contributed by atoms with Gasteiger partial charge < -0.3 is 14.7 Å². The highest BCUT2D eigenvalue weighted by molar-refractivity contribution is 4.69. The second kappa shape index (κ2) is 9.68. The second-order valence-electron chi connectivity index (χ2n) is 5.92. The SMILES string of the molecule is OCCN(CCN1CCCCC1)CCN1CCOCC1. The number of rotatable bonds is 8. The zero-order chi connectivity index (χ0) is 14.0. The first-order valence-electron chi connectivity index (χ1n) is 8.24. The van der Waals surface area contributed by atoms with Crippen molar-refractivity contribution in [2.45, 2.75) is 19.3 Å². The average molecular weight is 285 g/mol. The van der Waals surface area contributed by atoms with E-state index in [-0.39, 0.29) is 6.61 Å². The van der Waals surface area contributed by atoms with Crippen molar-refractivity contribution in [1.29, 1.82) is 0 Å². The molecule has 0 atom stereocenters. The third-order valence-electron chi connectivity index (χ3n) is 4.43. The fourth-order valence-corrected chi connectivity index (χ4v) is 3.05. The fourth-order valence-electron chi connectivity index (χ4n) is 3.05. The minimum absolute atomic E-state index is 0.267. The van der Waals surface area contributed by atoms with E-state index in [1.807, 2.05) is 0 Å². The number of hydrogen-bond acceptors (Lipinski definition) is 5. The zero-order valence-electron chi connectivity index (χ0n) is 12.8. The van der Waals surface area contributed by atoms with Crippen LogP contribution in [0, 0.1) is 0 Å². The van der Waals surface area contributed by atoms with Crippen LogP contribution in [-0.2, 0) is 4.74 Å². The van der Waals surface area contributed by atoms with Gasteiger partial charge in [0.1, 0.15) is 0 Å². The second-order valence-corrected chi connectivity index (χ2v) is 5.92. The highest BCUT2D eigenvalue weighted by Crippen LogP contribution is 2.08. The average Bonchev–Trinajstić information content (AvgIpc) is 2.52. The summed E-state index contributed by atoms with van der Waals surface area (Å²) in [4.78, 5) is 7.45. The molecular weight excluding hydrogens is 254 g/mol. The summed E-state index contributed by atoms with van der Waals surface area (Å²) in [5, 5.41) is 9.22. The van der Waals surface area contributed by atoms with Crippen molar-refractivity contribution in [3.63, 3.8) is 0 Å². The molecule has 5 heteroatoms. The van der Waals surface area contributed by atoms with E-state index in [0.29, 0.717) is 0 Å². The lowest BCUT2D eigenvalue weighted by Gasteiger charge is -2.32. The lowest BCUT2D eigenvalue weighted by atomic mass is 10.1. The molecule has 20 heavy (non-hydrogen) atoms. The van der Waals surface area contributed by atoms with Crippen LogP contribution in [0.3, 0.4) is 0 Å². The number of aliphatic hydroxyl groups excluding tert-OH is 1. The monoisotopic (exact) mass is 285 g/mol. The van der Waals surface area contributed by atoms with E-state index in [4.69, 9.17) is 4.74 Å². The van der Waals surface area contributed by atoms with E-state index in [1.165, 1.54) is 32.4 Å². The van der Waals surface area contributed by atoms with Gasteiger partial charge in [-0.15, -0.1) is 0 Å². The summed E-state index contributed by atoms with van der Waals surface area (Å²) in [5.41, 5.74) is 0. The molecule has 2 aliphatic heterocycles. The Bertz CT molecular complexity index is 219. The van der Waals surface area contributed by atoms with E-state index >= 15 is 0 Å². The van der Waals surface area contributed by atoms with Gasteiger partial charge >= 0.3 is 0 Å². The van der Waals surface area contributed by atoms with Crippen LogP contribution in [0.15, 0.2) is 0 Å².